The molecule has 0 fully saturated rings. The van der Waals surface area contributed by atoms with Crippen LogP contribution >= 0.6 is 27.5 Å². The second-order valence-corrected chi connectivity index (χ2v) is 7.28. The van der Waals surface area contributed by atoms with Gasteiger partial charge in [-0.15, -0.1) is 0 Å². The van der Waals surface area contributed by atoms with E-state index in [1.807, 2.05) is 66.7 Å². The van der Waals surface area contributed by atoms with Crippen LogP contribution in [-0.4, -0.2) is 18.7 Å². The molecule has 1 heterocycles. The summed E-state index contributed by atoms with van der Waals surface area (Å²) in [5, 5.41) is 5.27. The third kappa shape index (κ3) is 3.75. The highest BCUT2D eigenvalue weighted by atomic mass is 79.9. The third-order valence-electron chi connectivity index (χ3n) is 4.20. The predicted molar refractivity (Wildman–Crippen MR) is 114 cm³/mol. The van der Waals surface area contributed by atoms with Crippen molar-refractivity contribution in [2.45, 2.75) is 0 Å². The van der Waals surface area contributed by atoms with Gasteiger partial charge < -0.3 is 4.74 Å². The van der Waals surface area contributed by atoms with Gasteiger partial charge in [-0.2, -0.15) is 5.10 Å². The van der Waals surface area contributed by atoms with Crippen molar-refractivity contribution in [3.8, 4) is 5.75 Å². The second-order valence-electron chi connectivity index (χ2n) is 5.93. The van der Waals surface area contributed by atoms with Crippen molar-refractivity contribution in [2.24, 2.45) is 10.1 Å². The Balaban J connectivity index is 1.83. The van der Waals surface area contributed by atoms with Gasteiger partial charge in [0.25, 0.3) is 0 Å². The first kappa shape index (κ1) is 17.8. The summed E-state index contributed by atoms with van der Waals surface area (Å²) in [4.78, 5) is 4.78. The van der Waals surface area contributed by atoms with Crippen molar-refractivity contribution in [1.82, 2.24) is 5.43 Å². The molecule has 1 aliphatic rings. The average Bonchev–Trinajstić information content (AvgIpc) is 2.88. The summed E-state index contributed by atoms with van der Waals surface area (Å²) in [5.41, 5.74) is 7.44. The molecule has 0 aromatic heterocycles. The number of rotatable bonds is 3. The maximum absolute atomic E-state index is 6.25. The number of hydrogen-bond acceptors (Lipinski definition) is 4. The van der Waals surface area contributed by atoms with E-state index in [9.17, 15) is 0 Å². The first-order chi connectivity index (χ1) is 13.1. The zero-order valence-electron chi connectivity index (χ0n) is 14.4. The van der Waals surface area contributed by atoms with Gasteiger partial charge in [0.2, 0.25) is 0 Å². The molecule has 0 saturated carbocycles. The topological polar surface area (TPSA) is 46.0 Å². The number of benzene rings is 3. The number of methoxy groups -OCH3 is 1. The molecule has 4 rings (SSSR count). The number of nitrogens with one attached hydrogen (secondary N) is 1. The lowest BCUT2D eigenvalue weighted by Gasteiger charge is -2.09. The van der Waals surface area contributed by atoms with Crippen LogP contribution in [0.3, 0.4) is 0 Å². The molecule has 6 heteroatoms. The van der Waals surface area contributed by atoms with E-state index in [2.05, 4.69) is 26.5 Å². The number of halogens is 2. The van der Waals surface area contributed by atoms with E-state index >= 15 is 0 Å². The summed E-state index contributed by atoms with van der Waals surface area (Å²) in [5.74, 6) is 1.47. The minimum absolute atomic E-state index is 0.636. The van der Waals surface area contributed by atoms with Crippen molar-refractivity contribution in [2.75, 3.05) is 7.11 Å². The molecule has 1 N–H and O–H groups in total. The molecule has 0 spiro atoms. The van der Waals surface area contributed by atoms with E-state index in [1.165, 1.54) is 0 Å². The van der Waals surface area contributed by atoms with Gasteiger partial charge in [-0.3, -0.25) is 5.43 Å². The van der Waals surface area contributed by atoms with Crippen LogP contribution in [0.15, 0.2) is 81.3 Å². The Kier molecular flexibility index (Phi) is 4.97. The third-order valence-corrected chi connectivity index (χ3v) is 4.96. The fourth-order valence-corrected chi connectivity index (χ4v) is 3.25. The number of hydrogen-bond donors (Lipinski definition) is 1. The summed E-state index contributed by atoms with van der Waals surface area (Å²) >= 11 is 9.71. The number of ether oxygens (including phenoxy) is 1. The minimum atomic E-state index is 0.636. The molecule has 0 bridgehead atoms. The number of aliphatic imine (C=N–C) groups is 1. The molecular formula is C21H15BrClN3O. The standard InChI is InChI=1S/C21H15BrClN3O/c1-27-17-9-4-13(5-10-17)20-18-12-16(23)8-11-19(18)24-21(26-25-20)14-2-6-15(22)7-3-14/h2-12H,1H3,(H,24,26). The van der Waals surface area contributed by atoms with Crippen molar-refractivity contribution < 1.29 is 4.74 Å². The Morgan fingerprint density at radius 2 is 1.63 bits per heavy atom. The van der Waals surface area contributed by atoms with Crippen LogP contribution in [-0.2, 0) is 0 Å². The Bertz CT molecular complexity index is 1040. The highest BCUT2D eigenvalue weighted by Crippen LogP contribution is 2.29. The minimum Gasteiger partial charge on any atom is -0.497 e. The summed E-state index contributed by atoms with van der Waals surface area (Å²) < 4.78 is 6.26. The molecule has 0 aliphatic carbocycles. The Hall–Kier alpha value is -2.63. The van der Waals surface area contributed by atoms with Crippen molar-refractivity contribution in [3.63, 3.8) is 0 Å². The molecule has 0 saturated heterocycles. The number of hydrazone groups is 1. The summed E-state index contributed by atoms with van der Waals surface area (Å²) in [6.45, 7) is 0. The smallest absolute Gasteiger partial charge is 0.154 e. The Morgan fingerprint density at radius 1 is 0.926 bits per heavy atom. The van der Waals surface area contributed by atoms with Crippen LogP contribution in [0.25, 0.3) is 0 Å². The SMILES string of the molecule is COc1ccc(C2=NNC(c3ccc(Br)cc3)=Nc3ccc(Cl)cc32)cc1. The van der Waals surface area contributed by atoms with Crippen molar-refractivity contribution in [1.29, 1.82) is 0 Å². The Morgan fingerprint density at radius 3 is 2.33 bits per heavy atom. The molecule has 4 nitrogen and oxygen atoms in total. The van der Waals surface area contributed by atoms with Gasteiger partial charge >= 0.3 is 0 Å². The highest BCUT2D eigenvalue weighted by Gasteiger charge is 2.18. The number of fused-ring (bicyclic) bond motifs is 1. The van der Waals surface area contributed by atoms with Gasteiger partial charge in [0.1, 0.15) is 11.5 Å². The monoisotopic (exact) mass is 439 g/mol. The summed E-state index contributed by atoms with van der Waals surface area (Å²) in [7, 11) is 1.65. The lowest BCUT2D eigenvalue weighted by molar-refractivity contribution is 0.415. The molecule has 0 radical (unpaired) electrons. The second kappa shape index (κ2) is 7.55. The highest BCUT2D eigenvalue weighted by molar-refractivity contribution is 9.10. The van der Waals surface area contributed by atoms with Gasteiger partial charge in [-0.25, -0.2) is 4.99 Å². The normalized spacial score (nSPS) is 13.0. The largest absolute Gasteiger partial charge is 0.497 e. The van der Waals surface area contributed by atoms with E-state index in [1.54, 1.807) is 7.11 Å². The molecule has 1 aliphatic heterocycles. The van der Waals surface area contributed by atoms with Crippen LogP contribution in [0.4, 0.5) is 5.69 Å². The van der Waals surface area contributed by atoms with Crippen LogP contribution in [0, 0.1) is 0 Å². The molecular weight excluding hydrogens is 426 g/mol. The van der Waals surface area contributed by atoms with Crippen LogP contribution in [0.1, 0.15) is 16.7 Å². The predicted octanol–water partition coefficient (Wildman–Crippen LogP) is 5.55. The Labute approximate surface area is 170 Å². The van der Waals surface area contributed by atoms with Gasteiger partial charge in [0, 0.05) is 26.2 Å². The van der Waals surface area contributed by atoms with E-state index in [-0.39, 0.29) is 0 Å². The number of nitrogens with zero attached hydrogens (tertiary/aromatic N) is 2. The van der Waals surface area contributed by atoms with E-state index < -0.39 is 0 Å². The molecule has 3 aromatic carbocycles. The summed E-state index contributed by atoms with van der Waals surface area (Å²) in [6, 6.07) is 21.3. The van der Waals surface area contributed by atoms with Crippen LogP contribution < -0.4 is 10.2 Å². The lowest BCUT2D eigenvalue weighted by atomic mass is 10.0. The lowest BCUT2D eigenvalue weighted by Crippen LogP contribution is -2.19. The van der Waals surface area contributed by atoms with E-state index in [0.717, 1.165) is 38.3 Å². The van der Waals surface area contributed by atoms with Crippen LogP contribution in [0.5, 0.6) is 5.75 Å². The fraction of sp³-hybridized carbons (Fsp3) is 0.0476. The van der Waals surface area contributed by atoms with Crippen LogP contribution in [0.2, 0.25) is 5.02 Å². The average molecular weight is 441 g/mol. The van der Waals surface area contributed by atoms with Crippen molar-refractivity contribution >= 4 is 44.8 Å². The quantitative estimate of drug-likeness (QED) is 0.581. The maximum atomic E-state index is 6.25. The summed E-state index contributed by atoms with van der Waals surface area (Å²) in [6.07, 6.45) is 0. The maximum Gasteiger partial charge on any atom is 0.154 e. The number of amidine groups is 1. The first-order valence-electron chi connectivity index (χ1n) is 8.27. The first-order valence-corrected chi connectivity index (χ1v) is 9.44. The van der Waals surface area contributed by atoms with Gasteiger partial charge in [-0.1, -0.05) is 39.7 Å². The zero-order chi connectivity index (χ0) is 18.8. The molecule has 0 amide bonds. The fourth-order valence-electron chi connectivity index (χ4n) is 2.82. The molecule has 27 heavy (non-hydrogen) atoms. The molecule has 0 unspecified atom stereocenters. The van der Waals surface area contributed by atoms with Gasteiger partial charge in [0.05, 0.1) is 12.8 Å². The van der Waals surface area contributed by atoms with E-state index in [0.29, 0.717) is 10.9 Å². The molecule has 134 valence electrons. The zero-order valence-corrected chi connectivity index (χ0v) is 16.8. The molecule has 0 atom stereocenters. The van der Waals surface area contributed by atoms with Gasteiger partial charge in [0.15, 0.2) is 5.84 Å². The molecule has 3 aromatic rings. The van der Waals surface area contributed by atoms with Gasteiger partial charge in [-0.05, 0) is 54.6 Å². The van der Waals surface area contributed by atoms with Crippen molar-refractivity contribution in [3.05, 3.63) is 92.9 Å². The van der Waals surface area contributed by atoms with E-state index in [4.69, 9.17) is 21.3 Å².